The van der Waals surface area contributed by atoms with Crippen LogP contribution in [0.4, 0.5) is 4.79 Å². The van der Waals surface area contributed by atoms with Crippen molar-refractivity contribution in [2.75, 3.05) is 20.1 Å². The topological polar surface area (TPSA) is 79.3 Å². The molecule has 134 valence electrons. The van der Waals surface area contributed by atoms with Crippen LogP contribution in [0, 0.1) is 5.92 Å². The van der Waals surface area contributed by atoms with Crippen LogP contribution in [0.2, 0.25) is 0 Å². The Morgan fingerprint density at radius 2 is 1.96 bits per heavy atom. The van der Waals surface area contributed by atoms with Gasteiger partial charge in [0, 0.05) is 24.8 Å². The van der Waals surface area contributed by atoms with Gasteiger partial charge >= 0.3 is 6.03 Å². The Morgan fingerprint density at radius 1 is 1.24 bits per heavy atom. The van der Waals surface area contributed by atoms with Crippen molar-refractivity contribution >= 4 is 11.9 Å². The summed E-state index contributed by atoms with van der Waals surface area (Å²) < 4.78 is 1.79. The number of hydrogen-bond acceptors (Lipinski definition) is 4. The third kappa shape index (κ3) is 6.39. The zero-order chi connectivity index (χ0) is 18.2. The van der Waals surface area contributed by atoms with E-state index >= 15 is 0 Å². The summed E-state index contributed by atoms with van der Waals surface area (Å²) in [6.07, 6.45) is 3.70. The van der Waals surface area contributed by atoms with Gasteiger partial charge in [0.1, 0.15) is 0 Å². The Kier molecular flexibility index (Phi) is 6.71. The largest absolute Gasteiger partial charge is 0.338 e. The molecule has 2 N–H and O–H groups in total. The Bertz CT molecular complexity index is 697. The van der Waals surface area contributed by atoms with Gasteiger partial charge in [-0.3, -0.25) is 15.0 Å². The second kappa shape index (κ2) is 8.98. The Labute approximate surface area is 148 Å². The van der Waals surface area contributed by atoms with Crippen LogP contribution in [-0.4, -0.2) is 46.8 Å². The molecule has 25 heavy (non-hydrogen) atoms. The van der Waals surface area contributed by atoms with Gasteiger partial charge in [-0.05, 0) is 25.1 Å². The summed E-state index contributed by atoms with van der Waals surface area (Å²) in [7, 11) is 1.82. The smallest absolute Gasteiger partial charge is 0.321 e. The second-order valence-electron chi connectivity index (χ2n) is 6.45. The number of aromatic nitrogens is 2. The first-order valence-electron chi connectivity index (χ1n) is 8.29. The van der Waals surface area contributed by atoms with Crippen molar-refractivity contribution in [3.05, 3.63) is 48.3 Å². The molecule has 0 saturated heterocycles. The molecule has 0 fully saturated rings. The molecule has 3 amide bonds. The van der Waals surface area contributed by atoms with Gasteiger partial charge < -0.3 is 5.32 Å². The van der Waals surface area contributed by atoms with Crippen LogP contribution in [-0.2, 0) is 11.3 Å². The maximum Gasteiger partial charge on any atom is 0.321 e. The molecule has 0 saturated carbocycles. The Morgan fingerprint density at radius 3 is 2.64 bits per heavy atom. The highest BCUT2D eigenvalue weighted by atomic mass is 16.2. The van der Waals surface area contributed by atoms with E-state index in [-0.39, 0.29) is 12.5 Å². The van der Waals surface area contributed by atoms with Crippen molar-refractivity contribution in [2.24, 2.45) is 5.92 Å². The van der Waals surface area contributed by atoms with Crippen molar-refractivity contribution in [1.29, 1.82) is 0 Å². The highest BCUT2D eigenvalue weighted by molar-refractivity contribution is 5.95. The molecule has 7 heteroatoms. The SMILES string of the molecule is CC(C)CNC(=O)NC(=O)CN(C)Cc1cnn(-c2ccccc2)c1. The van der Waals surface area contributed by atoms with Gasteiger partial charge in [0.15, 0.2) is 0 Å². The lowest BCUT2D eigenvalue weighted by atomic mass is 10.2. The molecule has 0 aliphatic heterocycles. The fourth-order valence-corrected chi connectivity index (χ4v) is 2.28. The minimum Gasteiger partial charge on any atom is -0.338 e. The Balaban J connectivity index is 1.80. The number of benzene rings is 1. The van der Waals surface area contributed by atoms with Crippen LogP contribution in [0.25, 0.3) is 5.69 Å². The minimum atomic E-state index is -0.455. The summed E-state index contributed by atoms with van der Waals surface area (Å²) in [4.78, 5) is 25.3. The molecule has 1 aromatic heterocycles. The quantitative estimate of drug-likeness (QED) is 0.803. The highest BCUT2D eigenvalue weighted by Gasteiger charge is 2.12. The number of nitrogens with zero attached hydrogens (tertiary/aromatic N) is 3. The number of hydrogen-bond donors (Lipinski definition) is 2. The molecule has 0 aliphatic carbocycles. The van der Waals surface area contributed by atoms with E-state index in [1.165, 1.54) is 0 Å². The molecular formula is C18H25N5O2. The van der Waals surface area contributed by atoms with Crippen LogP contribution in [0.1, 0.15) is 19.4 Å². The first-order chi connectivity index (χ1) is 11.9. The van der Waals surface area contributed by atoms with Crippen LogP contribution >= 0.6 is 0 Å². The van der Waals surface area contributed by atoms with Crippen LogP contribution in [0.15, 0.2) is 42.7 Å². The van der Waals surface area contributed by atoms with Gasteiger partial charge in [-0.15, -0.1) is 0 Å². The van der Waals surface area contributed by atoms with Gasteiger partial charge in [-0.2, -0.15) is 5.10 Å². The second-order valence-corrected chi connectivity index (χ2v) is 6.45. The van der Waals surface area contributed by atoms with Crippen molar-refractivity contribution < 1.29 is 9.59 Å². The fraction of sp³-hybridized carbons (Fsp3) is 0.389. The number of imide groups is 1. The number of likely N-dealkylation sites (N-methyl/N-ethyl adjacent to an activating group) is 1. The third-order valence-electron chi connectivity index (χ3n) is 3.45. The first-order valence-corrected chi connectivity index (χ1v) is 8.29. The number of rotatable bonds is 7. The first kappa shape index (κ1) is 18.7. The van der Waals surface area contributed by atoms with Crippen LogP contribution in [0.3, 0.4) is 0 Å². The molecule has 0 radical (unpaired) electrons. The van der Waals surface area contributed by atoms with Crippen LogP contribution < -0.4 is 10.6 Å². The molecule has 1 heterocycles. The average Bonchev–Trinajstić information content (AvgIpc) is 3.01. The number of carbonyl (C=O) groups excluding carboxylic acids is 2. The summed E-state index contributed by atoms with van der Waals surface area (Å²) in [5, 5.41) is 9.32. The molecule has 2 rings (SSSR count). The Hall–Kier alpha value is -2.67. The van der Waals surface area contributed by atoms with Crippen LogP contribution in [0.5, 0.6) is 0 Å². The van der Waals surface area contributed by atoms with Crippen molar-refractivity contribution in [2.45, 2.75) is 20.4 Å². The maximum absolute atomic E-state index is 11.9. The zero-order valence-corrected chi connectivity index (χ0v) is 14.9. The van der Waals surface area contributed by atoms with Crippen molar-refractivity contribution in [3.63, 3.8) is 0 Å². The third-order valence-corrected chi connectivity index (χ3v) is 3.45. The van der Waals surface area contributed by atoms with Crippen molar-refractivity contribution in [1.82, 2.24) is 25.3 Å². The van der Waals surface area contributed by atoms with Gasteiger partial charge in [0.2, 0.25) is 5.91 Å². The van der Waals surface area contributed by atoms with Gasteiger partial charge in [-0.25, -0.2) is 9.48 Å². The molecule has 0 atom stereocenters. The van der Waals surface area contributed by atoms with E-state index in [1.807, 2.05) is 62.3 Å². The summed E-state index contributed by atoms with van der Waals surface area (Å²) in [5.41, 5.74) is 1.97. The molecule has 2 aromatic rings. The number of carbonyl (C=O) groups is 2. The number of amides is 3. The van der Waals surface area contributed by atoms with Gasteiger partial charge in [0.05, 0.1) is 18.4 Å². The number of nitrogens with one attached hydrogen (secondary N) is 2. The van der Waals surface area contributed by atoms with Crippen molar-refractivity contribution in [3.8, 4) is 5.69 Å². The van der Waals surface area contributed by atoms with E-state index in [0.29, 0.717) is 19.0 Å². The predicted octanol–water partition coefficient (Wildman–Crippen LogP) is 1.79. The lowest BCUT2D eigenvalue weighted by molar-refractivity contribution is -0.120. The molecule has 0 aliphatic rings. The van der Waals surface area contributed by atoms with E-state index in [2.05, 4.69) is 15.7 Å². The molecule has 1 aromatic carbocycles. The van der Waals surface area contributed by atoms with E-state index in [0.717, 1.165) is 11.3 Å². The zero-order valence-electron chi connectivity index (χ0n) is 14.9. The summed E-state index contributed by atoms with van der Waals surface area (Å²) in [6, 6.07) is 9.36. The van der Waals surface area contributed by atoms with Gasteiger partial charge in [-0.1, -0.05) is 32.0 Å². The standard InChI is InChI=1S/C18H25N5O2/c1-14(2)9-19-18(25)21-17(24)13-22(3)11-15-10-20-23(12-15)16-7-5-4-6-8-16/h4-8,10,12,14H,9,11,13H2,1-3H3,(H2,19,21,24,25). The summed E-state index contributed by atoms with van der Waals surface area (Å²) in [6.45, 7) is 5.21. The predicted molar refractivity (Wildman–Crippen MR) is 96.3 cm³/mol. The fourth-order valence-electron chi connectivity index (χ4n) is 2.28. The van der Waals surface area contributed by atoms with E-state index in [1.54, 1.807) is 10.9 Å². The molecule has 0 unspecified atom stereocenters. The number of urea groups is 1. The molecule has 0 spiro atoms. The average molecular weight is 343 g/mol. The molecule has 7 nitrogen and oxygen atoms in total. The summed E-state index contributed by atoms with van der Waals surface area (Å²) >= 11 is 0. The van der Waals surface area contributed by atoms with E-state index < -0.39 is 6.03 Å². The lowest BCUT2D eigenvalue weighted by Crippen LogP contribution is -2.44. The van der Waals surface area contributed by atoms with E-state index in [4.69, 9.17) is 0 Å². The van der Waals surface area contributed by atoms with Gasteiger partial charge in [0.25, 0.3) is 0 Å². The number of para-hydroxylation sites is 1. The normalized spacial score (nSPS) is 10.9. The summed E-state index contributed by atoms with van der Waals surface area (Å²) in [5.74, 6) is 0.00360. The molecular weight excluding hydrogens is 318 g/mol. The minimum absolute atomic E-state index is 0.131. The van der Waals surface area contributed by atoms with E-state index in [9.17, 15) is 9.59 Å². The monoisotopic (exact) mass is 343 g/mol. The lowest BCUT2D eigenvalue weighted by Gasteiger charge is -2.15. The molecule has 0 bridgehead atoms. The maximum atomic E-state index is 11.9. The highest BCUT2D eigenvalue weighted by Crippen LogP contribution is 2.08.